The van der Waals surface area contributed by atoms with Gasteiger partial charge in [0.2, 0.25) is 14.3 Å². The lowest BCUT2D eigenvalue weighted by atomic mass is 9.82. The van der Waals surface area contributed by atoms with E-state index in [1.807, 2.05) is 43.5 Å². The molecule has 14 heteroatoms. The van der Waals surface area contributed by atoms with Crippen molar-refractivity contribution in [2.45, 2.75) is 82.3 Å². The number of para-hydroxylation sites is 1. The second-order valence-electron chi connectivity index (χ2n) is 13.8. The van der Waals surface area contributed by atoms with E-state index in [0.717, 1.165) is 16.5 Å². The molecule has 2 amide bonds. The number of aryl methyl sites for hydroxylation is 1. The standard InChI is InChI=1S/C36H45FN6O6Si/c1-23-34(50(3,4)37)31(14-17-42-22-26(15-18-44)40-41-42)49-36(23)28-20-25(39-32(45)19-24-21-38-29-10-6-5-9-27(24)29)12-13-30(28)43(35(36)47)16-8-7-11-33(46)48-2/h5-6,9-10,12-13,20-23,31,34,38,44H,7-8,11,14-19H2,1-4H3,(H,39,45)/t23-,31+,34-,36+/m0/s1. The van der Waals surface area contributed by atoms with Crippen LogP contribution in [0.3, 0.4) is 0 Å². The van der Waals surface area contributed by atoms with Crippen molar-refractivity contribution in [3.63, 3.8) is 0 Å². The molecular weight excluding hydrogens is 660 g/mol. The number of benzene rings is 2. The van der Waals surface area contributed by atoms with Crippen LogP contribution in [-0.2, 0) is 48.8 Å². The fraction of sp³-hybridized carbons (Fsp3) is 0.472. The molecule has 1 saturated heterocycles. The number of aromatic amines is 1. The zero-order valence-electron chi connectivity index (χ0n) is 28.9. The van der Waals surface area contributed by atoms with Gasteiger partial charge in [-0.3, -0.25) is 19.1 Å². The molecule has 2 aliphatic rings. The van der Waals surface area contributed by atoms with Crippen molar-refractivity contribution in [1.82, 2.24) is 20.0 Å². The third-order valence-corrected chi connectivity index (χ3v) is 12.6. The molecule has 0 aliphatic carbocycles. The highest BCUT2D eigenvalue weighted by molar-refractivity contribution is 6.72. The van der Waals surface area contributed by atoms with Crippen molar-refractivity contribution in [1.29, 1.82) is 0 Å². The van der Waals surface area contributed by atoms with Gasteiger partial charge in [-0.05, 0) is 62.2 Å². The number of carbonyl (C=O) groups is 3. The molecule has 0 bridgehead atoms. The minimum atomic E-state index is -3.41. The van der Waals surface area contributed by atoms with Crippen LogP contribution < -0.4 is 10.2 Å². The molecule has 266 valence electrons. The van der Waals surface area contributed by atoms with Gasteiger partial charge in [0, 0.05) is 78.5 Å². The van der Waals surface area contributed by atoms with Crippen LogP contribution in [0.15, 0.2) is 54.9 Å². The van der Waals surface area contributed by atoms with Crippen molar-refractivity contribution in [2.75, 3.05) is 30.5 Å². The number of ether oxygens (including phenoxy) is 2. The number of fused-ring (bicyclic) bond motifs is 3. The number of unbranched alkanes of at least 4 members (excludes halogenated alkanes) is 1. The molecule has 2 aliphatic heterocycles. The number of methoxy groups -OCH3 is 1. The lowest BCUT2D eigenvalue weighted by molar-refractivity contribution is -0.146. The number of rotatable bonds is 14. The molecule has 1 spiro atoms. The highest BCUT2D eigenvalue weighted by atomic mass is 28.4. The summed E-state index contributed by atoms with van der Waals surface area (Å²) in [7, 11) is -2.06. The topological polar surface area (TPSA) is 152 Å². The summed E-state index contributed by atoms with van der Waals surface area (Å²) in [6.45, 7) is 5.91. The van der Waals surface area contributed by atoms with Gasteiger partial charge in [0.25, 0.3) is 5.91 Å². The number of H-pyrrole nitrogens is 1. The number of amides is 2. The van der Waals surface area contributed by atoms with E-state index < -0.39 is 31.6 Å². The van der Waals surface area contributed by atoms with Gasteiger partial charge in [0.05, 0.1) is 31.0 Å². The average molecular weight is 705 g/mol. The molecule has 6 rings (SSSR count). The Hall–Kier alpha value is -4.40. The minimum absolute atomic E-state index is 0.0413. The highest BCUT2D eigenvalue weighted by Gasteiger charge is 2.66. The molecule has 12 nitrogen and oxygen atoms in total. The zero-order chi connectivity index (χ0) is 35.6. The molecule has 2 aromatic carbocycles. The summed E-state index contributed by atoms with van der Waals surface area (Å²) in [5, 5.41) is 21.5. The van der Waals surface area contributed by atoms with Crippen LogP contribution in [0.5, 0.6) is 0 Å². The Kier molecular flexibility index (Phi) is 10.2. The van der Waals surface area contributed by atoms with E-state index >= 15 is 4.11 Å². The molecule has 50 heavy (non-hydrogen) atoms. The van der Waals surface area contributed by atoms with E-state index in [1.165, 1.54) is 7.11 Å². The quantitative estimate of drug-likeness (QED) is 0.0716. The van der Waals surface area contributed by atoms with Gasteiger partial charge in [-0.1, -0.05) is 30.3 Å². The van der Waals surface area contributed by atoms with Crippen LogP contribution in [0.1, 0.15) is 49.4 Å². The van der Waals surface area contributed by atoms with Crippen LogP contribution >= 0.6 is 0 Å². The second-order valence-corrected chi connectivity index (χ2v) is 17.6. The van der Waals surface area contributed by atoms with Crippen LogP contribution in [-0.4, -0.2) is 77.6 Å². The van der Waals surface area contributed by atoms with Crippen LogP contribution in [0.4, 0.5) is 15.5 Å². The molecule has 2 aromatic heterocycles. The first kappa shape index (κ1) is 35.4. The summed E-state index contributed by atoms with van der Waals surface area (Å²) >= 11 is 0. The Morgan fingerprint density at radius 1 is 1.18 bits per heavy atom. The number of aliphatic hydroxyl groups excluding tert-OH is 1. The van der Waals surface area contributed by atoms with E-state index in [0.29, 0.717) is 61.4 Å². The Bertz CT molecular complexity index is 1870. The van der Waals surface area contributed by atoms with Crippen molar-refractivity contribution in [3.05, 3.63) is 71.7 Å². The van der Waals surface area contributed by atoms with E-state index in [4.69, 9.17) is 9.47 Å². The van der Waals surface area contributed by atoms with E-state index in [2.05, 4.69) is 20.6 Å². The summed E-state index contributed by atoms with van der Waals surface area (Å²) in [5.41, 5.74) is 2.26. The highest BCUT2D eigenvalue weighted by Crippen LogP contribution is 2.60. The maximum atomic E-state index is 16.3. The summed E-state index contributed by atoms with van der Waals surface area (Å²) in [5.74, 6) is -1.30. The lowest BCUT2D eigenvalue weighted by Gasteiger charge is -2.31. The molecule has 3 N–H and O–H groups in total. The Balaban J connectivity index is 1.30. The van der Waals surface area contributed by atoms with Crippen molar-refractivity contribution in [2.24, 2.45) is 5.92 Å². The molecule has 4 aromatic rings. The summed E-state index contributed by atoms with van der Waals surface area (Å²) < 4.78 is 29.6. The van der Waals surface area contributed by atoms with Gasteiger partial charge in [0.1, 0.15) is 0 Å². The summed E-state index contributed by atoms with van der Waals surface area (Å²) in [6, 6.07) is 13.2. The maximum Gasteiger partial charge on any atom is 0.305 e. The largest absolute Gasteiger partial charge is 0.469 e. The van der Waals surface area contributed by atoms with Crippen LogP contribution in [0.25, 0.3) is 10.9 Å². The van der Waals surface area contributed by atoms with Crippen LogP contribution in [0, 0.1) is 5.92 Å². The third-order valence-electron chi connectivity index (χ3n) is 10.1. The third kappa shape index (κ3) is 6.83. The number of esters is 1. The van der Waals surface area contributed by atoms with Gasteiger partial charge in [0.15, 0.2) is 5.60 Å². The van der Waals surface area contributed by atoms with Gasteiger partial charge in [-0.25, -0.2) is 0 Å². The average Bonchev–Trinajstić information content (AvgIpc) is 3.83. The molecule has 0 unspecified atom stereocenters. The molecule has 0 saturated carbocycles. The molecule has 0 radical (unpaired) electrons. The van der Waals surface area contributed by atoms with Gasteiger partial charge in [-0.2, -0.15) is 0 Å². The number of anilines is 2. The first-order chi connectivity index (χ1) is 24.0. The second kappa shape index (κ2) is 14.4. The van der Waals surface area contributed by atoms with Gasteiger partial charge < -0.3 is 33.9 Å². The van der Waals surface area contributed by atoms with Crippen LogP contribution in [0.2, 0.25) is 18.6 Å². The SMILES string of the molecule is COC(=O)CCCCN1C(=O)[C@]2(O[C@H](CCn3cc(CCO)nn3)[C@@H]([Si](C)(C)F)[C@@H]2C)c2cc(NC(=O)Cc3c[nH]c4ccccc34)ccc21. The summed E-state index contributed by atoms with van der Waals surface area (Å²) in [4.78, 5) is 44.7. The Morgan fingerprint density at radius 2 is 1.98 bits per heavy atom. The fourth-order valence-corrected chi connectivity index (χ4v) is 10.4. The Labute approximate surface area is 291 Å². The first-order valence-corrected chi connectivity index (χ1v) is 20.2. The fourth-order valence-electron chi connectivity index (χ4n) is 7.85. The number of hydrogen-bond donors (Lipinski definition) is 3. The number of halogens is 1. The molecule has 4 atom stereocenters. The van der Waals surface area contributed by atoms with Crippen molar-refractivity contribution < 1.29 is 33.1 Å². The lowest BCUT2D eigenvalue weighted by Crippen LogP contribution is -2.45. The zero-order valence-corrected chi connectivity index (χ0v) is 29.9. The van der Waals surface area contributed by atoms with E-state index in [9.17, 15) is 19.5 Å². The number of aliphatic hydroxyl groups is 1. The predicted octanol–water partition coefficient (Wildman–Crippen LogP) is 5.03. The minimum Gasteiger partial charge on any atom is -0.469 e. The maximum absolute atomic E-state index is 16.3. The van der Waals surface area contributed by atoms with E-state index in [-0.39, 0.29) is 37.2 Å². The van der Waals surface area contributed by atoms with Crippen molar-refractivity contribution >= 4 is 48.5 Å². The van der Waals surface area contributed by atoms with Crippen molar-refractivity contribution in [3.8, 4) is 0 Å². The molecule has 1 fully saturated rings. The Morgan fingerprint density at radius 3 is 2.74 bits per heavy atom. The molecule has 4 heterocycles. The number of carbonyl (C=O) groups excluding carboxylic acids is 3. The van der Waals surface area contributed by atoms with Gasteiger partial charge >= 0.3 is 5.97 Å². The number of nitrogens with zero attached hydrogens (tertiary/aromatic N) is 4. The number of hydrogen-bond acceptors (Lipinski definition) is 8. The first-order valence-electron chi connectivity index (χ1n) is 17.2. The molecular formula is C36H45FN6O6Si. The normalized spacial score (nSPS) is 21.7. The number of nitrogens with one attached hydrogen (secondary N) is 2. The predicted molar refractivity (Wildman–Crippen MR) is 189 cm³/mol. The smallest absolute Gasteiger partial charge is 0.305 e. The van der Waals surface area contributed by atoms with Gasteiger partial charge in [-0.15, -0.1) is 5.10 Å². The van der Waals surface area contributed by atoms with E-state index in [1.54, 1.807) is 41.0 Å². The number of aromatic nitrogens is 4. The summed E-state index contributed by atoms with van der Waals surface area (Å²) in [6.07, 6.45) is 5.26. The monoisotopic (exact) mass is 704 g/mol.